The van der Waals surface area contributed by atoms with Crippen LogP contribution in [0.4, 0.5) is 11.4 Å². The number of hydrogen-bond acceptors (Lipinski definition) is 4. The number of rotatable bonds is 8. The Morgan fingerprint density at radius 3 is 2.57 bits per heavy atom. The van der Waals surface area contributed by atoms with Crippen LogP contribution in [0, 0.1) is 6.92 Å². The lowest BCUT2D eigenvalue weighted by Crippen LogP contribution is -2.42. The molecule has 30 heavy (non-hydrogen) atoms. The van der Waals surface area contributed by atoms with Gasteiger partial charge in [0.2, 0.25) is 15.9 Å². The third kappa shape index (κ3) is 5.75. The second kappa shape index (κ2) is 9.51. The number of fused-ring (bicyclic) bond motifs is 1. The van der Waals surface area contributed by atoms with E-state index in [1.165, 1.54) is 5.56 Å². The van der Waals surface area contributed by atoms with Gasteiger partial charge in [-0.1, -0.05) is 42.8 Å². The summed E-state index contributed by atoms with van der Waals surface area (Å²) in [4.78, 5) is 17.2. The molecule has 162 valence electrons. The molecule has 0 radical (unpaired) electrons. The number of amides is 1. The molecule has 0 atom stereocenters. The number of nitrogens with zero attached hydrogens (tertiary/aromatic N) is 2. The van der Waals surface area contributed by atoms with Crippen molar-refractivity contribution in [2.75, 3.05) is 35.5 Å². The molecule has 0 aliphatic carbocycles. The number of aryl methyl sites for hydroxylation is 1. The van der Waals surface area contributed by atoms with Crippen LogP contribution >= 0.6 is 0 Å². The summed E-state index contributed by atoms with van der Waals surface area (Å²) in [5.74, 6) is 0.0896. The quantitative estimate of drug-likeness (QED) is 0.697. The molecule has 0 saturated carbocycles. The zero-order valence-corrected chi connectivity index (χ0v) is 18.8. The van der Waals surface area contributed by atoms with Gasteiger partial charge in [-0.2, -0.15) is 0 Å². The molecular formula is C23H31N3O3S. The molecule has 7 heteroatoms. The summed E-state index contributed by atoms with van der Waals surface area (Å²) in [6.07, 6.45) is 3.73. The molecule has 1 N–H and O–H groups in total. The van der Waals surface area contributed by atoms with Crippen molar-refractivity contribution in [2.24, 2.45) is 0 Å². The van der Waals surface area contributed by atoms with Gasteiger partial charge in [0, 0.05) is 25.3 Å². The van der Waals surface area contributed by atoms with Crippen molar-refractivity contribution >= 4 is 27.3 Å². The zero-order valence-electron chi connectivity index (χ0n) is 18.0. The lowest BCUT2D eigenvalue weighted by Gasteiger charge is -2.34. The molecular weight excluding hydrogens is 398 g/mol. The van der Waals surface area contributed by atoms with Crippen molar-refractivity contribution in [1.29, 1.82) is 0 Å². The molecule has 0 saturated heterocycles. The summed E-state index contributed by atoms with van der Waals surface area (Å²) in [6.45, 7) is 6.52. The van der Waals surface area contributed by atoms with Gasteiger partial charge in [0.05, 0.1) is 18.5 Å². The highest BCUT2D eigenvalue weighted by Gasteiger charge is 2.24. The minimum Gasteiger partial charge on any atom is -0.362 e. The fraction of sp³-hybridized carbons (Fsp3) is 0.435. The molecule has 2 aromatic rings. The molecule has 0 bridgehead atoms. The summed E-state index contributed by atoms with van der Waals surface area (Å²) in [6, 6.07) is 13.9. The Morgan fingerprint density at radius 1 is 1.17 bits per heavy atom. The van der Waals surface area contributed by atoms with Gasteiger partial charge in [-0.25, -0.2) is 8.42 Å². The smallest absolute Gasteiger partial charge is 0.242 e. The Labute approximate surface area is 179 Å². The number of sulfonamides is 1. The highest BCUT2D eigenvalue weighted by Crippen LogP contribution is 2.33. The molecule has 1 amide bonds. The van der Waals surface area contributed by atoms with Gasteiger partial charge in [0.15, 0.2) is 0 Å². The lowest BCUT2D eigenvalue weighted by molar-refractivity contribution is -0.130. The number of nitrogens with one attached hydrogen (secondary N) is 1. The van der Waals surface area contributed by atoms with Gasteiger partial charge >= 0.3 is 0 Å². The van der Waals surface area contributed by atoms with Gasteiger partial charge in [0.1, 0.15) is 0 Å². The van der Waals surface area contributed by atoms with Crippen LogP contribution in [0.5, 0.6) is 0 Å². The summed E-state index contributed by atoms with van der Waals surface area (Å²) >= 11 is 0. The molecule has 1 heterocycles. The van der Waals surface area contributed by atoms with Gasteiger partial charge in [-0.05, 0) is 49.4 Å². The molecule has 6 nitrogen and oxygen atoms in total. The van der Waals surface area contributed by atoms with Crippen LogP contribution in [0.3, 0.4) is 0 Å². The molecule has 3 rings (SSSR count). The van der Waals surface area contributed by atoms with Gasteiger partial charge in [-0.3, -0.25) is 9.52 Å². The van der Waals surface area contributed by atoms with E-state index >= 15 is 0 Å². The highest BCUT2D eigenvalue weighted by atomic mass is 32.2. The maximum Gasteiger partial charge on any atom is 0.242 e. The van der Waals surface area contributed by atoms with E-state index in [-0.39, 0.29) is 5.91 Å². The van der Waals surface area contributed by atoms with Crippen molar-refractivity contribution in [2.45, 2.75) is 39.7 Å². The SMILES string of the molecule is CCCN(Cc1ccc(C)cc1)C(=O)CN1CCCc2c(NS(C)(=O)=O)cccc21. The average Bonchev–Trinajstić information content (AvgIpc) is 2.69. The van der Waals surface area contributed by atoms with Crippen molar-refractivity contribution in [3.63, 3.8) is 0 Å². The minimum atomic E-state index is -3.35. The molecule has 0 fully saturated rings. The zero-order chi connectivity index (χ0) is 21.7. The van der Waals surface area contributed by atoms with Crippen LogP contribution in [0.1, 0.15) is 36.5 Å². The van der Waals surface area contributed by atoms with Gasteiger partial charge in [-0.15, -0.1) is 0 Å². The Kier molecular flexibility index (Phi) is 7.02. The lowest BCUT2D eigenvalue weighted by atomic mass is 10.00. The van der Waals surface area contributed by atoms with E-state index in [0.717, 1.165) is 48.9 Å². The largest absolute Gasteiger partial charge is 0.362 e. The summed E-state index contributed by atoms with van der Waals surface area (Å²) in [7, 11) is -3.35. The summed E-state index contributed by atoms with van der Waals surface area (Å²) < 4.78 is 26.0. The van der Waals surface area contributed by atoms with Crippen molar-refractivity contribution in [3.8, 4) is 0 Å². The second-order valence-corrected chi connectivity index (χ2v) is 9.75. The van der Waals surface area contributed by atoms with Crippen LogP contribution in [0.2, 0.25) is 0 Å². The Balaban J connectivity index is 1.77. The van der Waals surface area contributed by atoms with E-state index in [0.29, 0.717) is 25.3 Å². The van der Waals surface area contributed by atoms with Crippen molar-refractivity contribution in [3.05, 3.63) is 59.2 Å². The maximum atomic E-state index is 13.2. The van der Waals surface area contributed by atoms with E-state index in [1.807, 2.05) is 17.0 Å². The van der Waals surface area contributed by atoms with Gasteiger partial charge in [0.25, 0.3) is 0 Å². The normalized spacial score (nSPS) is 13.6. The monoisotopic (exact) mass is 429 g/mol. The van der Waals surface area contributed by atoms with Crippen LogP contribution in [0.15, 0.2) is 42.5 Å². The number of carbonyl (C=O) groups excluding carboxylic acids is 1. The van der Waals surface area contributed by atoms with E-state index in [2.05, 4.69) is 47.7 Å². The number of anilines is 2. The first-order chi connectivity index (χ1) is 14.3. The Morgan fingerprint density at radius 2 is 1.90 bits per heavy atom. The average molecular weight is 430 g/mol. The molecule has 0 unspecified atom stereocenters. The number of hydrogen-bond donors (Lipinski definition) is 1. The third-order valence-electron chi connectivity index (χ3n) is 5.31. The van der Waals surface area contributed by atoms with E-state index < -0.39 is 10.0 Å². The van der Waals surface area contributed by atoms with Gasteiger partial charge < -0.3 is 9.80 Å². The summed E-state index contributed by atoms with van der Waals surface area (Å²) in [5.41, 5.74) is 4.84. The fourth-order valence-corrected chi connectivity index (χ4v) is 4.49. The molecule has 2 aromatic carbocycles. The Hall–Kier alpha value is -2.54. The standard InChI is InChI=1S/C23H31N3O3S/c1-4-14-26(16-19-12-10-18(2)11-13-19)23(27)17-25-15-6-7-20-21(24-30(3,28)29)8-5-9-22(20)25/h5,8-13,24H,4,6-7,14-17H2,1-3H3. The second-order valence-electron chi connectivity index (χ2n) is 8.00. The fourth-order valence-electron chi connectivity index (χ4n) is 3.90. The molecule has 0 aromatic heterocycles. The van der Waals surface area contributed by atoms with Crippen LogP contribution < -0.4 is 9.62 Å². The molecule has 0 spiro atoms. The van der Waals surface area contributed by atoms with E-state index in [9.17, 15) is 13.2 Å². The van der Waals surface area contributed by atoms with Crippen LogP contribution in [-0.2, 0) is 27.8 Å². The Bertz CT molecular complexity index is 987. The first kappa shape index (κ1) is 22.2. The predicted octanol–water partition coefficient (Wildman–Crippen LogP) is 3.56. The maximum absolute atomic E-state index is 13.2. The van der Waals surface area contributed by atoms with Crippen LogP contribution in [-0.4, -0.2) is 45.1 Å². The minimum absolute atomic E-state index is 0.0896. The molecule has 1 aliphatic rings. The van der Waals surface area contributed by atoms with Crippen molar-refractivity contribution < 1.29 is 13.2 Å². The van der Waals surface area contributed by atoms with E-state index in [1.54, 1.807) is 6.07 Å². The van der Waals surface area contributed by atoms with E-state index in [4.69, 9.17) is 0 Å². The predicted molar refractivity (Wildman–Crippen MR) is 122 cm³/mol. The molecule has 1 aliphatic heterocycles. The highest BCUT2D eigenvalue weighted by molar-refractivity contribution is 7.92. The third-order valence-corrected chi connectivity index (χ3v) is 5.90. The first-order valence-electron chi connectivity index (χ1n) is 10.4. The number of carbonyl (C=O) groups is 1. The topological polar surface area (TPSA) is 69.7 Å². The van der Waals surface area contributed by atoms with Crippen molar-refractivity contribution in [1.82, 2.24) is 4.90 Å². The number of benzene rings is 2. The summed E-state index contributed by atoms with van der Waals surface area (Å²) in [5, 5.41) is 0. The first-order valence-corrected chi connectivity index (χ1v) is 12.3. The van der Waals surface area contributed by atoms with Crippen LogP contribution in [0.25, 0.3) is 0 Å².